The maximum atomic E-state index is 12.3. The third-order valence-electron chi connectivity index (χ3n) is 3.33. The van der Waals surface area contributed by atoms with Crippen LogP contribution in [0.2, 0.25) is 0 Å². The van der Waals surface area contributed by atoms with Gasteiger partial charge in [-0.15, -0.1) is 11.3 Å². The van der Waals surface area contributed by atoms with Gasteiger partial charge in [-0.1, -0.05) is 5.16 Å². The standard InChI is InChI=1S/C13H16N6O6S/c1-18(4-8(20)21)13(24)19-3-6(11(19)23)15-10(22)9(17-25-2)7-5-26-12(14)16-7/h5-6H,3-4H2,1-2H3,(H2,14,16)(H,15,22)(H,20,21)/t6-/m0/s1. The summed E-state index contributed by atoms with van der Waals surface area (Å²) in [7, 11) is 2.50. The van der Waals surface area contributed by atoms with E-state index >= 15 is 0 Å². The van der Waals surface area contributed by atoms with E-state index in [1.807, 2.05) is 0 Å². The highest BCUT2D eigenvalue weighted by molar-refractivity contribution is 7.13. The number of amides is 4. The number of anilines is 1. The highest BCUT2D eigenvalue weighted by atomic mass is 32.1. The fraction of sp³-hybridized carbons (Fsp3) is 0.385. The van der Waals surface area contributed by atoms with Crippen molar-refractivity contribution in [3.8, 4) is 0 Å². The summed E-state index contributed by atoms with van der Waals surface area (Å²) >= 11 is 1.10. The number of nitrogens with one attached hydrogen (secondary N) is 1. The van der Waals surface area contributed by atoms with E-state index in [4.69, 9.17) is 10.8 Å². The second kappa shape index (κ2) is 7.77. The lowest BCUT2D eigenvalue weighted by Crippen LogP contribution is -2.67. The topological polar surface area (TPSA) is 168 Å². The Kier molecular flexibility index (Phi) is 5.71. The van der Waals surface area contributed by atoms with Gasteiger partial charge in [0.05, 0.1) is 6.54 Å². The number of nitrogens with zero attached hydrogens (tertiary/aromatic N) is 4. The number of aliphatic carboxylic acids is 1. The Hall–Kier alpha value is -3.22. The number of rotatable bonds is 6. The van der Waals surface area contributed by atoms with Gasteiger partial charge in [-0.2, -0.15) is 0 Å². The Morgan fingerprint density at radius 2 is 2.27 bits per heavy atom. The number of hydrogen-bond acceptors (Lipinski definition) is 9. The molecule has 1 aromatic heterocycles. The Labute approximate surface area is 151 Å². The average molecular weight is 384 g/mol. The minimum absolute atomic E-state index is 0.0904. The van der Waals surface area contributed by atoms with Gasteiger partial charge in [0.2, 0.25) is 0 Å². The number of urea groups is 1. The van der Waals surface area contributed by atoms with Crippen molar-refractivity contribution in [3.63, 3.8) is 0 Å². The normalized spacial score (nSPS) is 16.7. The molecule has 26 heavy (non-hydrogen) atoms. The number of hydrogen-bond donors (Lipinski definition) is 3. The van der Waals surface area contributed by atoms with Crippen LogP contribution >= 0.6 is 11.3 Å². The minimum Gasteiger partial charge on any atom is -0.480 e. The van der Waals surface area contributed by atoms with Crippen LogP contribution in [0, 0.1) is 0 Å². The molecule has 0 spiro atoms. The summed E-state index contributed by atoms with van der Waals surface area (Å²) in [6, 6.07) is -1.70. The number of oxime groups is 1. The first-order valence-corrected chi connectivity index (χ1v) is 8.04. The van der Waals surface area contributed by atoms with E-state index < -0.39 is 36.4 Å². The molecule has 1 saturated heterocycles. The molecule has 140 valence electrons. The molecule has 4 N–H and O–H groups in total. The van der Waals surface area contributed by atoms with E-state index in [9.17, 15) is 19.2 Å². The van der Waals surface area contributed by atoms with E-state index in [1.165, 1.54) is 19.5 Å². The molecule has 1 aliphatic rings. The molecule has 0 aliphatic carbocycles. The van der Waals surface area contributed by atoms with Crippen molar-refractivity contribution in [3.05, 3.63) is 11.1 Å². The van der Waals surface area contributed by atoms with Crippen LogP contribution in [0.1, 0.15) is 5.69 Å². The number of aromatic nitrogens is 1. The SMILES string of the molecule is CON=C(C(=O)N[C@H]1CN(C(=O)N(C)CC(=O)O)C1=O)c1csc(N)n1. The summed E-state index contributed by atoms with van der Waals surface area (Å²) in [5.74, 6) is -2.58. The number of β-lactam (4-membered cyclic amide) rings is 1. The summed E-state index contributed by atoms with van der Waals surface area (Å²) in [4.78, 5) is 57.2. The second-order valence-electron chi connectivity index (χ2n) is 5.20. The van der Waals surface area contributed by atoms with Crippen molar-refractivity contribution in [2.45, 2.75) is 6.04 Å². The Morgan fingerprint density at radius 3 is 2.77 bits per heavy atom. The molecule has 0 aromatic carbocycles. The van der Waals surface area contributed by atoms with Gasteiger partial charge in [0.1, 0.15) is 25.4 Å². The van der Waals surface area contributed by atoms with Crippen molar-refractivity contribution in [1.82, 2.24) is 20.1 Å². The van der Waals surface area contributed by atoms with Gasteiger partial charge in [-0.25, -0.2) is 9.78 Å². The van der Waals surface area contributed by atoms with E-state index in [0.717, 1.165) is 21.1 Å². The molecule has 0 unspecified atom stereocenters. The number of likely N-dealkylation sites (tertiary alicyclic amines) is 1. The first-order chi connectivity index (χ1) is 12.2. The van der Waals surface area contributed by atoms with E-state index in [-0.39, 0.29) is 23.1 Å². The third-order valence-corrected chi connectivity index (χ3v) is 4.00. The van der Waals surface area contributed by atoms with E-state index in [2.05, 4.69) is 20.3 Å². The summed E-state index contributed by atoms with van der Waals surface area (Å²) in [6.45, 7) is -0.637. The van der Waals surface area contributed by atoms with Gasteiger partial charge in [-0.05, 0) is 0 Å². The number of carboxylic acids is 1. The molecule has 0 bridgehead atoms. The third kappa shape index (κ3) is 4.05. The van der Waals surface area contributed by atoms with Crippen LogP contribution in [0.4, 0.5) is 9.93 Å². The predicted octanol–water partition coefficient (Wildman–Crippen LogP) is -1.46. The molecule has 12 nitrogen and oxygen atoms in total. The Balaban J connectivity index is 1.98. The van der Waals surface area contributed by atoms with E-state index in [1.54, 1.807) is 0 Å². The molecule has 0 radical (unpaired) electrons. The molecule has 2 rings (SSSR count). The number of carbonyl (C=O) groups excluding carboxylic acids is 3. The monoisotopic (exact) mass is 384 g/mol. The van der Waals surface area contributed by atoms with Crippen LogP contribution in [0.15, 0.2) is 10.5 Å². The lowest BCUT2D eigenvalue weighted by molar-refractivity contribution is -0.143. The summed E-state index contributed by atoms with van der Waals surface area (Å²) < 4.78 is 0. The Morgan fingerprint density at radius 1 is 1.58 bits per heavy atom. The van der Waals surface area contributed by atoms with Crippen molar-refractivity contribution in [2.75, 3.05) is 33.0 Å². The van der Waals surface area contributed by atoms with Crippen LogP contribution < -0.4 is 11.1 Å². The first-order valence-electron chi connectivity index (χ1n) is 7.16. The smallest absolute Gasteiger partial charge is 0.327 e. The fourth-order valence-corrected chi connectivity index (χ4v) is 2.65. The van der Waals surface area contributed by atoms with Crippen LogP contribution in [0.5, 0.6) is 0 Å². The zero-order valence-corrected chi connectivity index (χ0v) is 14.6. The maximum Gasteiger partial charge on any atom is 0.327 e. The average Bonchev–Trinajstić information content (AvgIpc) is 3.00. The lowest BCUT2D eigenvalue weighted by Gasteiger charge is -2.38. The number of carbonyl (C=O) groups is 4. The van der Waals surface area contributed by atoms with Crippen LogP contribution in [0.25, 0.3) is 0 Å². The molecule has 1 fully saturated rings. The number of thiazole rings is 1. The fourth-order valence-electron chi connectivity index (χ4n) is 2.10. The minimum atomic E-state index is -1.21. The number of carboxylic acid groups (broad SMARTS) is 1. The largest absolute Gasteiger partial charge is 0.480 e. The molecule has 1 aliphatic heterocycles. The molecule has 13 heteroatoms. The molecule has 1 atom stereocenters. The zero-order valence-electron chi connectivity index (χ0n) is 13.8. The van der Waals surface area contributed by atoms with Crippen molar-refractivity contribution < 1.29 is 29.1 Å². The van der Waals surface area contributed by atoms with E-state index in [0.29, 0.717) is 0 Å². The highest BCUT2D eigenvalue weighted by Crippen LogP contribution is 2.15. The zero-order chi connectivity index (χ0) is 19.4. The van der Waals surface area contributed by atoms with Gasteiger partial charge in [-0.3, -0.25) is 19.3 Å². The summed E-state index contributed by atoms with van der Waals surface area (Å²) in [6.07, 6.45) is 0. The maximum absolute atomic E-state index is 12.3. The molecular formula is C13H16N6O6S. The van der Waals surface area contributed by atoms with Crippen LogP contribution in [-0.2, 0) is 19.2 Å². The lowest BCUT2D eigenvalue weighted by atomic mass is 10.1. The van der Waals surface area contributed by atoms with Gasteiger partial charge in [0.15, 0.2) is 10.8 Å². The van der Waals surface area contributed by atoms with Gasteiger partial charge >= 0.3 is 12.0 Å². The summed E-state index contributed by atoms with van der Waals surface area (Å²) in [5, 5.41) is 16.4. The molecule has 0 saturated carbocycles. The molecule has 2 heterocycles. The number of likely N-dealkylation sites (N-methyl/N-ethyl adjacent to an activating group) is 1. The van der Waals surface area contributed by atoms with Crippen LogP contribution in [-0.4, -0.2) is 82.7 Å². The summed E-state index contributed by atoms with van der Waals surface area (Å²) in [5.41, 5.74) is 5.54. The Bertz CT molecular complexity index is 777. The molecule has 4 amide bonds. The molecular weight excluding hydrogens is 368 g/mol. The van der Waals surface area contributed by atoms with Crippen molar-refractivity contribution in [2.24, 2.45) is 5.16 Å². The van der Waals surface area contributed by atoms with Gasteiger partial charge in [0, 0.05) is 12.4 Å². The highest BCUT2D eigenvalue weighted by Gasteiger charge is 2.43. The second-order valence-corrected chi connectivity index (χ2v) is 6.09. The first kappa shape index (κ1) is 19.1. The van der Waals surface area contributed by atoms with Crippen LogP contribution in [0.3, 0.4) is 0 Å². The number of imide groups is 1. The predicted molar refractivity (Wildman–Crippen MR) is 89.4 cm³/mol. The molecule has 1 aromatic rings. The van der Waals surface area contributed by atoms with Gasteiger partial charge in [0.25, 0.3) is 11.8 Å². The number of nitrogens with two attached hydrogens (primary N) is 1. The van der Waals surface area contributed by atoms with Gasteiger partial charge < -0.3 is 25.9 Å². The van der Waals surface area contributed by atoms with Crippen molar-refractivity contribution in [1.29, 1.82) is 0 Å². The quantitative estimate of drug-likeness (QED) is 0.304. The number of nitrogen functional groups attached to an aromatic ring is 1. The van der Waals surface area contributed by atoms with Crippen molar-refractivity contribution >= 4 is 46.0 Å².